The van der Waals surface area contributed by atoms with Gasteiger partial charge in [-0.3, -0.25) is 0 Å². The molecule has 0 bridgehead atoms. The monoisotopic (exact) mass is 1260 g/mol. The fourth-order valence-corrected chi connectivity index (χ4v) is 19.6. The standard InChI is InChI=1S/C89H76B2N2S2/c1-85(2,3)53-31-43-75-61(47-53)62-48-54(86(4,5)6)32-44-76(62)92(75)59-35-37-67-65(51-59)81-69(39-41-73-83(81)94-79-29-21-19-27-71(79)90(73)57-23-15-13-16-24-57)89(67)68-38-36-60(93-77-45-33-55(87(7,8)9)49-63(77)64-50-56(88(10,11)12)34-46-78(64)93)52-66(68)82-70(89)40-42-74-84(82)95-80-30-22-20-28-72(80)91(74)58-25-17-14-18-26-58/h13-52H,1-12H3. The molecule has 0 fully saturated rings. The Morgan fingerprint density at radius 1 is 0.295 bits per heavy atom. The molecule has 2 aromatic heterocycles. The molecule has 460 valence electrons. The molecule has 0 radical (unpaired) electrons. The lowest BCUT2D eigenvalue weighted by Gasteiger charge is -2.33. The van der Waals surface area contributed by atoms with Crippen molar-refractivity contribution in [1.29, 1.82) is 0 Å². The molecular weight excluding hydrogens is 1180 g/mol. The first-order valence-electron chi connectivity index (χ1n) is 34.1. The van der Waals surface area contributed by atoms with Crippen molar-refractivity contribution in [2.45, 2.75) is 130 Å². The molecule has 2 aliphatic heterocycles. The van der Waals surface area contributed by atoms with Crippen LogP contribution in [0.1, 0.15) is 128 Å². The highest BCUT2D eigenvalue weighted by Crippen LogP contribution is 2.66. The second-order valence-corrected chi connectivity index (χ2v) is 33.7. The third kappa shape index (κ3) is 8.61. The molecule has 2 nitrogen and oxygen atoms in total. The predicted molar refractivity (Wildman–Crippen MR) is 410 cm³/mol. The van der Waals surface area contributed by atoms with Gasteiger partial charge in [-0.25, -0.2) is 0 Å². The fraction of sp³-hybridized carbons (Fsp3) is 0.191. The van der Waals surface area contributed by atoms with Gasteiger partial charge in [-0.15, -0.1) is 0 Å². The van der Waals surface area contributed by atoms with Crippen molar-refractivity contribution in [3.8, 4) is 33.6 Å². The van der Waals surface area contributed by atoms with Crippen molar-refractivity contribution in [2.75, 3.05) is 0 Å². The first-order chi connectivity index (χ1) is 45.6. The number of nitrogens with zero attached hydrogens (tertiary/aromatic N) is 2. The van der Waals surface area contributed by atoms with E-state index in [9.17, 15) is 0 Å². The van der Waals surface area contributed by atoms with E-state index >= 15 is 0 Å². The summed E-state index contributed by atoms with van der Waals surface area (Å²) in [6.45, 7) is 28.2. The third-order valence-corrected chi connectivity index (χ3v) is 24.3. The second-order valence-electron chi connectivity index (χ2n) is 31.6. The highest BCUT2D eigenvalue weighted by Gasteiger charge is 2.55. The van der Waals surface area contributed by atoms with E-state index in [0.29, 0.717) is 0 Å². The van der Waals surface area contributed by atoms with Gasteiger partial charge in [-0.2, -0.15) is 0 Å². The Labute approximate surface area is 569 Å². The Bertz CT molecular complexity index is 5110. The van der Waals surface area contributed by atoms with Crippen LogP contribution >= 0.6 is 23.5 Å². The van der Waals surface area contributed by atoms with Crippen molar-refractivity contribution < 1.29 is 0 Å². The van der Waals surface area contributed by atoms with Crippen LogP contribution in [0.25, 0.3) is 77.2 Å². The summed E-state index contributed by atoms with van der Waals surface area (Å²) in [6, 6.07) is 95.5. The summed E-state index contributed by atoms with van der Waals surface area (Å²) >= 11 is 3.95. The van der Waals surface area contributed by atoms with Gasteiger partial charge >= 0.3 is 0 Å². The number of hydrogen-bond acceptors (Lipinski definition) is 2. The van der Waals surface area contributed by atoms with Crippen LogP contribution in [0, 0.1) is 0 Å². The van der Waals surface area contributed by atoms with Crippen LogP contribution in [-0.2, 0) is 27.1 Å². The van der Waals surface area contributed by atoms with Crippen LogP contribution in [0.4, 0.5) is 0 Å². The predicted octanol–water partition coefficient (Wildman–Crippen LogP) is 19.4. The van der Waals surface area contributed by atoms with E-state index in [1.165, 1.54) is 174 Å². The summed E-state index contributed by atoms with van der Waals surface area (Å²) in [4.78, 5) is 5.33. The Morgan fingerprint density at radius 2 is 0.611 bits per heavy atom. The molecule has 0 unspecified atom stereocenters. The molecule has 0 amide bonds. The lowest BCUT2D eigenvalue weighted by molar-refractivity contribution is 0.590. The SMILES string of the molecule is CC(C)(C)c1ccc2c(c1)c1cc(C(C)(C)C)ccc1n2-c1ccc2c(c1)-c1c(ccc3c1Sc1ccccc1B3c1ccccc1)C21c2ccc(-n3c4ccc(C(C)(C)C)cc4c4cc(C(C)(C)C)ccc43)cc2-c2c1ccc1c2Sc2ccccc2B1c1ccccc1. The fourth-order valence-electron chi connectivity index (χ4n) is 17.0. The van der Waals surface area contributed by atoms with E-state index in [2.05, 4.69) is 335 Å². The molecule has 18 rings (SSSR count). The molecule has 4 heterocycles. The maximum Gasteiger partial charge on any atom is 0.244 e. The maximum absolute atomic E-state index is 2.60. The largest absolute Gasteiger partial charge is 0.309 e. The van der Waals surface area contributed by atoms with Gasteiger partial charge in [0.2, 0.25) is 13.4 Å². The zero-order valence-corrected chi connectivity index (χ0v) is 58.1. The molecule has 0 saturated carbocycles. The highest BCUT2D eigenvalue weighted by molar-refractivity contribution is 8.00. The summed E-state index contributed by atoms with van der Waals surface area (Å²) in [7, 11) is 0. The van der Waals surface area contributed by atoms with Gasteiger partial charge in [0.05, 0.1) is 27.5 Å². The van der Waals surface area contributed by atoms with Crippen LogP contribution < -0.4 is 32.8 Å². The smallest absolute Gasteiger partial charge is 0.244 e. The van der Waals surface area contributed by atoms with Crippen LogP contribution in [0.2, 0.25) is 0 Å². The average Bonchev–Trinajstić information content (AvgIpc) is 1.49. The van der Waals surface area contributed by atoms with Crippen LogP contribution in [0.5, 0.6) is 0 Å². The lowest BCUT2D eigenvalue weighted by Crippen LogP contribution is -2.55. The van der Waals surface area contributed by atoms with Crippen molar-refractivity contribution in [1.82, 2.24) is 9.13 Å². The van der Waals surface area contributed by atoms with E-state index < -0.39 is 5.41 Å². The second kappa shape index (κ2) is 20.5. The summed E-state index contributed by atoms with van der Waals surface area (Å²) in [5.74, 6) is 0. The van der Waals surface area contributed by atoms with Gasteiger partial charge in [-0.05, 0) is 162 Å². The zero-order valence-electron chi connectivity index (χ0n) is 56.5. The minimum absolute atomic E-state index is 0.0170. The number of rotatable bonds is 4. The van der Waals surface area contributed by atoms with Gasteiger partial charge < -0.3 is 9.13 Å². The minimum atomic E-state index is -0.690. The van der Waals surface area contributed by atoms with Crippen LogP contribution in [-0.4, -0.2) is 22.6 Å². The van der Waals surface area contributed by atoms with Gasteiger partial charge in [-0.1, -0.05) is 297 Å². The van der Waals surface area contributed by atoms with E-state index in [1.807, 2.05) is 23.5 Å². The summed E-state index contributed by atoms with van der Waals surface area (Å²) in [6.07, 6.45) is 0. The highest BCUT2D eigenvalue weighted by atomic mass is 32.2. The quantitative estimate of drug-likeness (QED) is 0.163. The van der Waals surface area contributed by atoms with Gasteiger partial charge in [0.25, 0.3) is 0 Å². The maximum atomic E-state index is 2.60. The molecule has 2 aliphatic carbocycles. The molecular formula is C89H76B2N2S2. The van der Waals surface area contributed by atoms with Crippen LogP contribution in [0.3, 0.4) is 0 Å². The minimum Gasteiger partial charge on any atom is -0.309 e. The lowest BCUT2D eigenvalue weighted by atomic mass is 9.36. The van der Waals surface area contributed by atoms with Crippen molar-refractivity contribution in [3.05, 3.63) is 287 Å². The molecule has 95 heavy (non-hydrogen) atoms. The van der Waals surface area contributed by atoms with E-state index in [4.69, 9.17) is 0 Å². The summed E-state index contributed by atoms with van der Waals surface area (Å²) in [5, 5.41) is 5.19. The average molecular weight is 1260 g/mol. The number of fused-ring (bicyclic) bond motifs is 22. The van der Waals surface area contributed by atoms with Crippen molar-refractivity contribution >= 4 is 113 Å². The molecule has 14 aromatic rings. The first kappa shape index (κ1) is 58.6. The van der Waals surface area contributed by atoms with Crippen LogP contribution in [0.15, 0.2) is 262 Å². The number of hydrogen-bond donors (Lipinski definition) is 0. The first-order valence-corrected chi connectivity index (χ1v) is 35.7. The summed E-state index contributed by atoms with van der Waals surface area (Å²) < 4.78 is 5.16. The van der Waals surface area contributed by atoms with Gasteiger partial charge in [0.15, 0.2) is 0 Å². The number of aromatic nitrogens is 2. The van der Waals surface area contributed by atoms with Gasteiger partial charge in [0, 0.05) is 63.6 Å². The molecule has 12 aromatic carbocycles. The normalized spacial score (nSPS) is 14.5. The third-order valence-electron chi connectivity index (χ3n) is 21.8. The molecule has 0 saturated heterocycles. The van der Waals surface area contributed by atoms with E-state index in [-0.39, 0.29) is 35.1 Å². The molecule has 4 aliphatic rings. The summed E-state index contributed by atoms with van der Waals surface area (Å²) in [5.41, 5.74) is 30.6. The van der Waals surface area contributed by atoms with E-state index in [0.717, 1.165) is 0 Å². The Kier molecular flexibility index (Phi) is 12.7. The Morgan fingerprint density at radius 3 is 0.947 bits per heavy atom. The molecule has 0 atom stereocenters. The van der Waals surface area contributed by atoms with Crippen molar-refractivity contribution in [2.24, 2.45) is 0 Å². The molecule has 1 spiro atoms. The van der Waals surface area contributed by atoms with Crippen molar-refractivity contribution in [3.63, 3.8) is 0 Å². The van der Waals surface area contributed by atoms with Gasteiger partial charge in [0.1, 0.15) is 0 Å². The Balaban J connectivity index is 0.961. The molecule has 6 heteroatoms. The van der Waals surface area contributed by atoms with E-state index in [1.54, 1.807) is 0 Å². The number of benzene rings is 12. The Hall–Kier alpha value is -8.93. The zero-order chi connectivity index (χ0) is 65.0. The molecule has 0 N–H and O–H groups in total. The topological polar surface area (TPSA) is 9.86 Å².